The summed E-state index contributed by atoms with van der Waals surface area (Å²) in [5, 5.41) is 19.4. The maximum atomic E-state index is 10.2. The summed E-state index contributed by atoms with van der Waals surface area (Å²) < 4.78 is 7.87. The second-order valence-electron chi connectivity index (χ2n) is 8.71. The van der Waals surface area contributed by atoms with Crippen molar-refractivity contribution in [2.75, 3.05) is 0 Å². The molecule has 0 fully saturated rings. The molecule has 1 aromatic heterocycles. The fourth-order valence-corrected chi connectivity index (χ4v) is 5.02. The van der Waals surface area contributed by atoms with Crippen molar-refractivity contribution in [1.82, 2.24) is 9.78 Å². The Hall–Kier alpha value is -4.56. The van der Waals surface area contributed by atoms with Gasteiger partial charge in [-0.2, -0.15) is 10.4 Å². The van der Waals surface area contributed by atoms with Crippen molar-refractivity contribution >= 4 is 21.5 Å². The van der Waals surface area contributed by atoms with E-state index in [1.54, 1.807) is 4.68 Å². The summed E-state index contributed by atoms with van der Waals surface area (Å²) in [6.45, 7) is 4.01. The van der Waals surface area contributed by atoms with Gasteiger partial charge in [0.15, 0.2) is 0 Å². The number of nitrogens with zero attached hydrogens (tertiary/aromatic N) is 3. The number of nitrogens with two attached hydrogens (primary N) is 1. The molecule has 1 atom stereocenters. The summed E-state index contributed by atoms with van der Waals surface area (Å²) >= 11 is 0. The maximum absolute atomic E-state index is 10.2. The molecule has 0 amide bonds. The molecule has 0 saturated carbocycles. The largest absolute Gasteiger partial charge is 0.422 e. The van der Waals surface area contributed by atoms with Crippen molar-refractivity contribution in [2.45, 2.75) is 19.8 Å². The molecule has 1 aliphatic rings. The van der Waals surface area contributed by atoms with Crippen LogP contribution in [0.1, 0.15) is 28.3 Å². The van der Waals surface area contributed by atoms with E-state index in [4.69, 9.17) is 15.6 Å². The lowest BCUT2D eigenvalue weighted by molar-refractivity contribution is 0.367. The molecule has 0 aliphatic carbocycles. The van der Waals surface area contributed by atoms with Gasteiger partial charge in [-0.25, -0.2) is 4.68 Å². The predicted molar refractivity (Wildman–Crippen MR) is 134 cm³/mol. The van der Waals surface area contributed by atoms with Crippen molar-refractivity contribution in [1.29, 1.82) is 5.26 Å². The molecule has 0 bridgehead atoms. The van der Waals surface area contributed by atoms with E-state index in [0.29, 0.717) is 11.5 Å². The number of aromatic nitrogens is 2. The van der Waals surface area contributed by atoms with E-state index >= 15 is 0 Å². The Kier molecular flexibility index (Phi) is 4.43. The van der Waals surface area contributed by atoms with E-state index < -0.39 is 5.92 Å². The quantitative estimate of drug-likeness (QED) is 0.340. The number of benzene rings is 4. The molecule has 1 aliphatic heterocycles. The molecule has 5 aromatic rings. The van der Waals surface area contributed by atoms with Gasteiger partial charge in [-0.1, -0.05) is 66.2 Å². The third-order valence-electron chi connectivity index (χ3n) is 6.61. The van der Waals surface area contributed by atoms with Crippen LogP contribution in [0.25, 0.3) is 27.2 Å². The first kappa shape index (κ1) is 20.1. The van der Waals surface area contributed by atoms with Gasteiger partial charge in [0.05, 0.1) is 22.9 Å². The van der Waals surface area contributed by atoms with E-state index in [-0.39, 0.29) is 5.88 Å². The number of hydrogen-bond donors (Lipinski definition) is 1. The van der Waals surface area contributed by atoms with Crippen LogP contribution >= 0.6 is 0 Å². The normalized spacial score (nSPS) is 15.3. The molecule has 4 aromatic carbocycles. The Labute approximate surface area is 197 Å². The molecule has 34 heavy (non-hydrogen) atoms. The van der Waals surface area contributed by atoms with E-state index in [0.717, 1.165) is 49.6 Å². The van der Waals surface area contributed by atoms with Crippen LogP contribution in [0.2, 0.25) is 0 Å². The third kappa shape index (κ3) is 2.89. The molecular weight excluding hydrogens is 420 g/mol. The molecule has 0 spiro atoms. The van der Waals surface area contributed by atoms with Crippen molar-refractivity contribution in [3.8, 4) is 17.6 Å². The van der Waals surface area contributed by atoms with Crippen molar-refractivity contribution in [3.05, 3.63) is 113 Å². The smallest absolute Gasteiger partial charge is 0.229 e. The SMILES string of the molecule is Cc1ccc(-n2nc(C)c3c2OC(N)=C(C#N)C3c2c3ccccc3cc3ccccc23)cc1. The summed E-state index contributed by atoms with van der Waals surface area (Å²) in [4.78, 5) is 0. The van der Waals surface area contributed by atoms with E-state index in [2.05, 4.69) is 36.4 Å². The summed E-state index contributed by atoms with van der Waals surface area (Å²) in [7, 11) is 0. The van der Waals surface area contributed by atoms with Gasteiger partial charge in [-0.3, -0.25) is 0 Å². The zero-order chi connectivity index (χ0) is 23.4. The van der Waals surface area contributed by atoms with Crippen molar-refractivity contribution in [2.24, 2.45) is 5.73 Å². The number of fused-ring (bicyclic) bond motifs is 3. The Morgan fingerprint density at radius 3 is 2.12 bits per heavy atom. The second-order valence-corrected chi connectivity index (χ2v) is 8.71. The van der Waals surface area contributed by atoms with Gasteiger partial charge in [0.25, 0.3) is 0 Å². The predicted octanol–water partition coefficient (Wildman–Crippen LogP) is 6.01. The number of aryl methyl sites for hydroxylation is 2. The summed E-state index contributed by atoms with van der Waals surface area (Å²) in [5.74, 6) is 0.272. The van der Waals surface area contributed by atoms with E-state index in [1.807, 2.05) is 62.4 Å². The van der Waals surface area contributed by atoms with Gasteiger partial charge in [-0.05, 0) is 59.2 Å². The fourth-order valence-electron chi connectivity index (χ4n) is 5.02. The highest BCUT2D eigenvalue weighted by Crippen LogP contribution is 2.48. The van der Waals surface area contributed by atoms with E-state index in [1.165, 1.54) is 0 Å². The molecule has 5 heteroatoms. The van der Waals surface area contributed by atoms with Gasteiger partial charge >= 0.3 is 0 Å². The monoisotopic (exact) mass is 442 g/mol. The third-order valence-corrected chi connectivity index (χ3v) is 6.61. The molecule has 2 N–H and O–H groups in total. The fraction of sp³-hybridized carbons (Fsp3) is 0.103. The summed E-state index contributed by atoms with van der Waals surface area (Å²) in [6.07, 6.45) is 0. The van der Waals surface area contributed by atoms with Gasteiger partial charge in [-0.15, -0.1) is 0 Å². The molecule has 6 rings (SSSR count). The van der Waals surface area contributed by atoms with Crippen LogP contribution in [0.4, 0.5) is 0 Å². The average molecular weight is 443 g/mol. The van der Waals surface area contributed by atoms with Gasteiger partial charge in [0.2, 0.25) is 11.8 Å². The summed E-state index contributed by atoms with van der Waals surface area (Å²) in [6, 6.07) is 29.2. The Morgan fingerprint density at radius 1 is 0.882 bits per heavy atom. The lowest BCUT2D eigenvalue weighted by atomic mass is 9.79. The molecular formula is C29H22N4O. The van der Waals surface area contributed by atoms with Crippen molar-refractivity contribution < 1.29 is 4.74 Å². The van der Waals surface area contributed by atoms with Crippen LogP contribution < -0.4 is 10.5 Å². The van der Waals surface area contributed by atoms with Crippen LogP contribution in [0, 0.1) is 25.2 Å². The zero-order valence-corrected chi connectivity index (χ0v) is 18.9. The van der Waals surface area contributed by atoms with Crippen LogP contribution in [0.15, 0.2) is 90.3 Å². The van der Waals surface area contributed by atoms with Gasteiger partial charge in [0, 0.05) is 0 Å². The maximum Gasteiger partial charge on any atom is 0.229 e. The number of hydrogen-bond acceptors (Lipinski definition) is 4. The minimum Gasteiger partial charge on any atom is -0.422 e. The first-order valence-corrected chi connectivity index (χ1v) is 11.2. The number of rotatable bonds is 2. The molecule has 1 unspecified atom stereocenters. The number of ether oxygens (including phenoxy) is 1. The van der Waals surface area contributed by atoms with Crippen LogP contribution in [-0.4, -0.2) is 9.78 Å². The highest BCUT2D eigenvalue weighted by molar-refractivity contribution is 6.03. The topological polar surface area (TPSA) is 76.9 Å². The van der Waals surface area contributed by atoms with Crippen LogP contribution in [0.3, 0.4) is 0 Å². The minimum atomic E-state index is -0.399. The Bertz CT molecular complexity index is 1620. The minimum absolute atomic E-state index is 0.116. The first-order valence-electron chi connectivity index (χ1n) is 11.2. The van der Waals surface area contributed by atoms with Gasteiger partial charge in [0.1, 0.15) is 11.6 Å². The number of allylic oxidation sites excluding steroid dienone is 1. The summed E-state index contributed by atoms with van der Waals surface area (Å²) in [5.41, 5.74) is 11.6. The van der Waals surface area contributed by atoms with Gasteiger partial charge < -0.3 is 10.5 Å². The highest BCUT2D eigenvalue weighted by atomic mass is 16.5. The lowest BCUT2D eigenvalue weighted by Gasteiger charge is -2.27. The highest BCUT2D eigenvalue weighted by Gasteiger charge is 2.37. The number of nitriles is 1. The lowest BCUT2D eigenvalue weighted by Crippen LogP contribution is -2.22. The average Bonchev–Trinajstić information content (AvgIpc) is 3.18. The molecule has 0 radical (unpaired) electrons. The van der Waals surface area contributed by atoms with Crippen LogP contribution in [-0.2, 0) is 0 Å². The Balaban J connectivity index is 1.71. The zero-order valence-electron chi connectivity index (χ0n) is 18.9. The Morgan fingerprint density at radius 2 is 1.50 bits per heavy atom. The molecule has 0 saturated heterocycles. The van der Waals surface area contributed by atoms with E-state index in [9.17, 15) is 5.26 Å². The molecule has 5 nitrogen and oxygen atoms in total. The first-order chi connectivity index (χ1) is 16.6. The molecule has 2 heterocycles. The second kappa shape index (κ2) is 7.50. The molecule has 164 valence electrons. The standard InChI is InChI=1S/C29H22N4O/c1-17-11-13-21(14-12-17)33-29-25(18(2)32-33)27(24(16-30)28(31)34-29)26-22-9-5-3-7-19(22)15-20-8-4-6-10-23(20)26/h3-15,27H,31H2,1-2H3. The van der Waals surface area contributed by atoms with Crippen molar-refractivity contribution in [3.63, 3.8) is 0 Å². The van der Waals surface area contributed by atoms with Crippen LogP contribution in [0.5, 0.6) is 5.88 Å².